The van der Waals surface area contributed by atoms with Crippen LogP contribution < -0.4 is 4.74 Å². The predicted octanol–water partition coefficient (Wildman–Crippen LogP) is 6.56. The van der Waals surface area contributed by atoms with E-state index in [9.17, 15) is 14.7 Å². The number of ether oxygens (including phenoxy) is 2. The van der Waals surface area contributed by atoms with Crippen molar-refractivity contribution in [3.05, 3.63) is 28.8 Å². The number of carbonyl (C=O) groups is 2. The molecule has 1 N–H and O–H groups in total. The quantitative estimate of drug-likeness (QED) is 0.248. The van der Waals surface area contributed by atoms with E-state index in [-0.39, 0.29) is 11.1 Å². The fourth-order valence-electron chi connectivity index (χ4n) is 3.45. The van der Waals surface area contributed by atoms with E-state index in [1.165, 1.54) is 77.4 Å². The van der Waals surface area contributed by atoms with Gasteiger partial charge in [-0.05, 0) is 31.0 Å². The van der Waals surface area contributed by atoms with Gasteiger partial charge in [0.15, 0.2) is 0 Å². The number of methoxy groups -OCH3 is 1. The highest BCUT2D eigenvalue weighted by molar-refractivity contribution is 5.97. The molecule has 1 aromatic rings. The van der Waals surface area contributed by atoms with Crippen LogP contribution in [0.25, 0.3) is 0 Å². The van der Waals surface area contributed by atoms with Crippen LogP contribution >= 0.6 is 0 Å². The second-order valence-electron chi connectivity index (χ2n) is 7.68. The van der Waals surface area contributed by atoms with E-state index in [4.69, 9.17) is 9.47 Å². The second kappa shape index (κ2) is 14.9. The fourth-order valence-corrected chi connectivity index (χ4v) is 3.45. The van der Waals surface area contributed by atoms with Gasteiger partial charge in [-0.3, -0.25) is 0 Å². The van der Waals surface area contributed by atoms with Crippen molar-refractivity contribution in [2.75, 3.05) is 13.7 Å². The zero-order valence-corrected chi connectivity index (χ0v) is 18.4. The van der Waals surface area contributed by atoms with Gasteiger partial charge < -0.3 is 14.6 Å². The number of esters is 1. The number of rotatable bonds is 16. The topological polar surface area (TPSA) is 72.8 Å². The lowest BCUT2D eigenvalue weighted by atomic mass is 10.0. The van der Waals surface area contributed by atoms with Crippen LogP contribution in [0.15, 0.2) is 12.1 Å². The molecule has 0 bridgehead atoms. The molecule has 0 fully saturated rings. The Hall–Kier alpha value is -2.04. The summed E-state index contributed by atoms with van der Waals surface area (Å²) >= 11 is 0. The molecule has 0 heterocycles. The first kappa shape index (κ1) is 25.0. The highest BCUT2D eigenvalue weighted by Crippen LogP contribution is 2.24. The SMILES string of the molecule is CCCCCCCCCCCCCCOc1cc(C(=O)O)c(C)c(C(=O)OC)c1. The van der Waals surface area contributed by atoms with Crippen LogP contribution in [0.5, 0.6) is 5.75 Å². The minimum absolute atomic E-state index is 0.0672. The minimum Gasteiger partial charge on any atom is -0.494 e. The minimum atomic E-state index is -1.08. The van der Waals surface area contributed by atoms with E-state index < -0.39 is 11.9 Å². The van der Waals surface area contributed by atoms with Crippen molar-refractivity contribution >= 4 is 11.9 Å². The molecule has 1 aromatic carbocycles. The lowest BCUT2D eigenvalue weighted by Crippen LogP contribution is -2.10. The molecule has 29 heavy (non-hydrogen) atoms. The van der Waals surface area contributed by atoms with Crippen molar-refractivity contribution in [3.8, 4) is 5.75 Å². The summed E-state index contributed by atoms with van der Waals surface area (Å²) in [5.74, 6) is -1.24. The zero-order chi connectivity index (χ0) is 21.5. The molecule has 0 unspecified atom stereocenters. The molecule has 0 spiro atoms. The first-order valence-electron chi connectivity index (χ1n) is 11.1. The smallest absolute Gasteiger partial charge is 0.338 e. The van der Waals surface area contributed by atoms with Crippen LogP contribution in [0.4, 0.5) is 0 Å². The number of carboxylic acids is 1. The summed E-state index contributed by atoms with van der Waals surface area (Å²) in [6.45, 7) is 4.36. The Morgan fingerprint density at radius 3 is 1.79 bits per heavy atom. The molecule has 0 radical (unpaired) electrons. The Morgan fingerprint density at radius 1 is 0.828 bits per heavy atom. The number of carbonyl (C=O) groups excluding carboxylic acids is 1. The molecule has 5 heteroatoms. The van der Waals surface area contributed by atoms with Gasteiger partial charge in [-0.15, -0.1) is 0 Å². The molecular weight excluding hydrogens is 368 g/mol. The maximum Gasteiger partial charge on any atom is 0.338 e. The highest BCUT2D eigenvalue weighted by Gasteiger charge is 2.18. The molecule has 0 aromatic heterocycles. The first-order valence-corrected chi connectivity index (χ1v) is 11.1. The average Bonchev–Trinajstić information content (AvgIpc) is 2.71. The van der Waals surface area contributed by atoms with Gasteiger partial charge in [0.25, 0.3) is 0 Å². The van der Waals surface area contributed by atoms with E-state index in [0.29, 0.717) is 17.9 Å². The molecule has 0 aliphatic rings. The van der Waals surface area contributed by atoms with Crippen LogP contribution in [-0.2, 0) is 4.74 Å². The van der Waals surface area contributed by atoms with Crippen molar-refractivity contribution in [3.63, 3.8) is 0 Å². The standard InChI is InChI=1S/C24H38O5/c1-4-5-6-7-8-9-10-11-12-13-14-15-16-29-20-17-21(23(25)26)19(2)22(18-20)24(27)28-3/h17-18H,4-16H2,1-3H3,(H,25,26). The van der Waals surface area contributed by atoms with Crippen LogP contribution in [0.1, 0.15) is 110 Å². The maximum absolute atomic E-state index is 11.9. The Balaban J connectivity index is 2.25. The third-order valence-electron chi connectivity index (χ3n) is 5.28. The monoisotopic (exact) mass is 406 g/mol. The van der Waals surface area contributed by atoms with Gasteiger partial charge in [0.1, 0.15) is 5.75 Å². The number of hydrogen-bond donors (Lipinski definition) is 1. The summed E-state index contributed by atoms with van der Waals surface area (Å²) < 4.78 is 10.4. The summed E-state index contributed by atoms with van der Waals surface area (Å²) in [6, 6.07) is 3.04. The van der Waals surface area contributed by atoms with Crippen LogP contribution in [0.2, 0.25) is 0 Å². The van der Waals surface area contributed by atoms with Crippen molar-refractivity contribution in [1.82, 2.24) is 0 Å². The number of unbranched alkanes of at least 4 members (excludes halogenated alkanes) is 11. The average molecular weight is 407 g/mol. The molecular formula is C24H38O5. The van der Waals surface area contributed by atoms with Gasteiger partial charge in [0, 0.05) is 0 Å². The predicted molar refractivity (Wildman–Crippen MR) is 116 cm³/mol. The van der Waals surface area contributed by atoms with Gasteiger partial charge in [0.2, 0.25) is 0 Å². The van der Waals surface area contributed by atoms with E-state index in [1.54, 1.807) is 13.0 Å². The summed E-state index contributed by atoms with van der Waals surface area (Å²) in [5.41, 5.74) is 0.691. The van der Waals surface area contributed by atoms with Gasteiger partial charge in [-0.2, -0.15) is 0 Å². The molecule has 0 saturated heterocycles. The number of carboxylic acid groups (broad SMARTS) is 1. The van der Waals surface area contributed by atoms with E-state index in [0.717, 1.165) is 12.8 Å². The largest absolute Gasteiger partial charge is 0.494 e. The summed E-state index contributed by atoms with van der Waals surface area (Å²) in [6.07, 6.45) is 15.3. The van der Waals surface area contributed by atoms with Crippen LogP contribution in [0.3, 0.4) is 0 Å². The van der Waals surface area contributed by atoms with Gasteiger partial charge in [0.05, 0.1) is 24.8 Å². The van der Waals surface area contributed by atoms with Gasteiger partial charge in [-0.1, -0.05) is 77.6 Å². The Labute approximate surface area is 175 Å². The molecule has 0 atom stereocenters. The normalized spacial score (nSPS) is 10.7. The van der Waals surface area contributed by atoms with E-state index in [1.807, 2.05) is 0 Å². The molecule has 0 aliphatic heterocycles. The number of benzene rings is 1. The lowest BCUT2D eigenvalue weighted by Gasteiger charge is -2.12. The summed E-state index contributed by atoms with van der Waals surface area (Å²) in [7, 11) is 1.28. The molecule has 0 aliphatic carbocycles. The van der Waals surface area contributed by atoms with E-state index in [2.05, 4.69) is 6.92 Å². The van der Waals surface area contributed by atoms with Gasteiger partial charge >= 0.3 is 11.9 Å². The first-order chi connectivity index (χ1) is 14.0. The van der Waals surface area contributed by atoms with Crippen molar-refractivity contribution in [2.24, 2.45) is 0 Å². The number of aromatic carboxylic acids is 1. The molecule has 164 valence electrons. The summed E-state index contributed by atoms with van der Waals surface area (Å²) in [4.78, 5) is 23.3. The Morgan fingerprint density at radius 2 is 1.31 bits per heavy atom. The third-order valence-corrected chi connectivity index (χ3v) is 5.28. The Kier molecular flexibility index (Phi) is 12.8. The highest BCUT2D eigenvalue weighted by atomic mass is 16.5. The molecule has 0 saturated carbocycles. The van der Waals surface area contributed by atoms with Crippen molar-refractivity contribution in [2.45, 2.75) is 90.9 Å². The second-order valence-corrected chi connectivity index (χ2v) is 7.68. The zero-order valence-electron chi connectivity index (χ0n) is 18.4. The van der Waals surface area contributed by atoms with Crippen molar-refractivity contribution in [1.29, 1.82) is 0 Å². The van der Waals surface area contributed by atoms with E-state index >= 15 is 0 Å². The fraction of sp³-hybridized carbons (Fsp3) is 0.667. The number of hydrogen-bond acceptors (Lipinski definition) is 4. The van der Waals surface area contributed by atoms with Crippen LogP contribution in [-0.4, -0.2) is 30.8 Å². The maximum atomic E-state index is 11.9. The van der Waals surface area contributed by atoms with Crippen LogP contribution in [0, 0.1) is 6.92 Å². The third kappa shape index (κ3) is 9.82. The van der Waals surface area contributed by atoms with Gasteiger partial charge in [-0.25, -0.2) is 9.59 Å². The molecule has 5 nitrogen and oxygen atoms in total. The molecule has 0 amide bonds. The lowest BCUT2D eigenvalue weighted by molar-refractivity contribution is 0.0599. The molecule has 1 rings (SSSR count). The summed E-state index contributed by atoms with van der Waals surface area (Å²) in [5, 5.41) is 9.35. The van der Waals surface area contributed by atoms with Crippen molar-refractivity contribution < 1.29 is 24.2 Å². The Bertz CT molecular complexity index is 624.